The van der Waals surface area contributed by atoms with Crippen molar-refractivity contribution in [1.82, 2.24) is 10.2 Å². The third kappa shape index (κ3) is 1.03. The summed E-state index contributed by atoms with van der Waals surface area (Å²) in [5.74, 6) is 0. The topological polar surface area (TPSA) is 15.3 Å². The van der Waals surface area contributed by atoms with E-state index in [1.54, 1.807) is 0 Å². The summed E-state index contributed by atoms with van der Waals surface area (Å²) in [6.07, 6.45) is 5.84. The minimum Gasteiger partial charge on any atom is -0.373 e. The van der Waals surface area contributed by atoms with Crippen LogP contribution in [0.25, 0.3) is 0 Å². The smallest absolute Gasteiger partial charge is 0.0870 e. The number of nitrogens with one attached hydrogen (secondary N) is 1. The summed E-state index contributed by atoms with van der Waals surface area (Å²) >= 11 is 0. The van der Waals surface area contributed by atoms with Gasteiger partial charge in [-0.2, -0.15) is 0 Å². The normalized spacial score (nSPS) is 16.2. The lowest BCUT2D eigenvalue weighted by atomic mass is 10.6. The Kier molecular flexibility index (Phi) is 1.57. The summed E-state index contributed by atoms with van der Waals surface area (Å²) in [6, 6.07) is 0. The monoisotopic (exact) mass is 110 g/mol. The summed E-state index contributed by atoms with van der Waals surface area (Å²) in [4.78, 5) is 2.13. The van der Waals surface area contributed by atoms with Crippen molar-refractivity contribution in [2.24, 2.45) is 0 Å². The molecule has 0 bridgehead atoms. The van der Waals surface area contributed by atoms with Gasteiger partial charge in [-0.1, -0.05) is 6.08 Å². The van der Waals surface area contributed by atoms with Gasteiger partial charge >= 0.3 is 0 Å². The first-order valence-corrected chi connectivity index (χ1v) is 2.68. The number of nitrogens with zero attached hydrogens (tertiary/aromatic N) is 1. The van der Waals surface area contributed by atoms with Crippen molar-refractivity contribution >= 4 is 0 Å². The van der Waals surface area contributed by atoms with Gasteiger partial charge in [0.1, 0.15) is 0 Å². The van der Waals surface area contributed by atoms with E-state index in [1.807, 2.05) is 18.5 Å². The fourth-order valence-corrected chi connectivity index (χ4v) is 0.672. The Morgan fingerprint density at radius 1 is 1.88 bits per heavy atom. The third-order valence-electron chi connectivity index (χ3n) is 1.06. The van der Waals surface area contributed by atoms with E-state index >= 15 is 0 Å². The maximum absolute atomic E-state index is 3.62. The lowest BCUT2D eigenvalue weighted by molar-refractivity contribution is 0.433. The van der Waals surface area contributed by atoms with E-state index in [0.717, 1.165) is 13.2 Å². The van der Waals surface area contributed by atoms with Crippen LogP contribution in [0.2, 0.25) is 0 Å². The molecule has 0 saturated carbocycles. The molecule has 1 aliphatic heterocycles. The molecule has 0 fully saturated rings. The average Bonchev–Trinajstić information content (AvgIpc) is 2.19. The second-order valence-corrected chi connectivity index (χ2v) is 1.74. The molecule has 2 nitrogen and oxygen atoms in total. The zero-order valence-electron chi connectivity index (χ0n) is 4.80. The van der Waals surface area contributed by atoms with Crippen LogP contribution < -0.4 is 5.32 Å². The minimum absolute atomic E-state index is 0.923. The van der Waals surface area contributed by atoms with Crippen LogP contribution >= 0.6 is 0 Å². The highest BCUT2D eigenvalue weighted by Crippen LogP contribution is 1.91. The Balaban J connectivity index is 2.25. The van der Waals surface area contributed by atoms with Gasteiger partial charge in [0.2, 0.25) is 0 Å². The molecule has 44 valence electrons. The molecule has 0 unspecified atom stereocenters. The molecule has 1 heterocycles. The summed E-state index contributed by atoms with van der Waals surface area (Å²) in [7, 11) is 0. The van der Waals surface area contributed by atoms with E-state index in [0.29, 0.717) is 0 Å². The molecule has 0 saturated heterocycles. The van der Waals surface area contributed by atoms with Crippen molar-refractivity contribution in [3.8, 4) is 0 Å². The van der Waals surface area contributed by atoms with E-state index < -0.39 is 0 Å². The maximum atomic E-state index is 3.62. The number of hydrogen-bond acceptors (Lipinski definition) is 2. The largest absolute Gasteiger partial charge is 0.373 e. The van der Waals surface area contributed by atoms with E-state index in [4.69, 9.17) is 0 Å². The Morgan fingerprint density at radius 2 is 2.75 bits per heavy atom. The van der Waals surface area contributed by atoms with Gasteiger partial charge in [-0.05, 0) is 0 Å². The van der Waals surface area contributed by atoms with Crippen molar-refractivity contribution in [2.75, 3.05) is 13.2 Å². The van der Waals surface area contributed by atoms with Crippen molar-refractivity contribution in [3.63, 3.8) is 0 Å². The molecule has 0 amide bonds. The minimum atomic E-state index is 0.923. The molecule has 2 heteroatoms. The Bertz CT molecular complexity index is 107. The van der Waals surface area contributed by atoms with Crippen LogP contribution in [0.5, 0.6) is 0 Å². The first-order valence-electron chi connectivity index (χ1n) is 2.68. The van der Waals surface area contributed by atoms with Gasteiger partial charge in [-0.25, -0.2) is 0 Å². The van der Waals surface area contributed by atoms with E-state index in [-0.39, 0.29) is 0 Å². The maximum Gasteiger partial charge on any atom is 0.0870 e. The molecular weight excluding hydrogens is 100 g/mol. The van der Waals surface area contributed by atoms with Gasteiger partial charge in [0.25, 0.3) is 0 Å². The molecule has 8 heavy (non-hydrogen) atoms. The summed E-state index contributed by atoms with van der Waals surface area (Å²) in [5, 5.41) is 3.05. The van der Waals surface area contributed by atoms with Crippen molar-refractivity contribution in [1.29, 1.82) is 0 Å². The molecule has 0 spiro atoms. The third-order valence-corrected chi connectivity index (χ3v) is 1.06. The molecule has 1 rings (SSSR count). The molecular formula is C6H10N2. The van der Waals surface area contributed by atoms with Gasteiger partial charge in [-0.3, -0.25) is 0 Å². The van der Waals surface area contributed by atoms with Crippen LogP contribution in [0.1, 0.15) is 0 Å². The molecule has 1 N–H and O–H groups in total. The van der Waals surface area contributed by atoms with Gasteiger partial charge in [0.05, 0.1) is 6.67 Å². The quantitative estimate of drug-likeness (QED) is 0.521. The fraction of sp³-hybridized carbons (Fsp3) is 0.333. The summed E-state index contributed by atoms with van der Waals surface area (Å²) in [6.45, 7) is 5.48. The van der Waals surface area contributed by atoms with Crippen molar-refractivity contribution in [2.45, 2.75) is 0 Å². The predicted molar refractivity (Wildman–Crippen MR) is 34.0 cm³/mol. The Labute approximate surface area is 49.5 Å². The van der Waals surface area contributed by atoms with Crippen LogP contribution in [0.4, 0.5) is 0 Å². The molecule has 1 aliphatic rings. The molecule has 0 aromatic heterocycles. The zero-order chi connectivity index (χ0) is 5.82. The second-order valence-electron chi connectivity index (χ2n) is 1.74. The van der Waals surface area contributed by atoms with Gasteiger partial charge < -0.3 is 10.2 Å². The Morgan fingerprint density at radius 3 is 3.25 bits per heavy atom. The molecule has 0 atom stereocenters. The lowest BCUT2D eigenvalue weighted by Crippen LogP contribution is -2.20. The van der Waals surface area contributed by atoms with Crippen LogP contribution in [-0.4, -0.2) is 18.1 Å². The SMILES string of the molecule is C=CCN1C=CNC1. The second kappa shape index (κ2) is 2.40. The fourth-order valence-electron chi connectivity index (χ4n) is 0.672. The van der Waals surface area contributed by atoms with Gasteiger partial charge in [0, 0.05) is 18.9 Å². The number of rotatable bonds is 2. The van der Waals surface area contributed by atoms with Crippen LogP contribution in [-0.2, 0) is 0 Å². The van der Waals surface area contributed by atoms with Crippen molar-refractivity contribution < 1.29 is 0 Å². The van der Waals surface area contributed by atoms with Crippen molar-refractivity contribution in [3.05, 3.63) is 25.1 Å². The predicted octanol–water partition coefficient (Wildman–Crippen LogP) is 0.506. The highest BCUT2D eigenvalue weighted by Gasteiger charge is 1.97. The summed E-state index contributed by atoms with van der Waals surface area (Å²) < 4.78 is 0. The highest BCUT2D eigenvalue weighted by atomic mass is 15.2. The lowest BCUT2D eigenvalue weighted by Gasteiger charge is -2.09. The molecule has 0 radical (unpaired) electrons. The van der Waals surface area contributed by atoms with Gasteiger partial charge in [-0.15, -0.1) is 6.58 Å². The van der Waals surface area contributed by atoms with E-state index in [9.17, 15) is 0 Å². The highest BCUT2D eigenvalue weighted by molar-refractivity contribution is 4.90. The van der Waals surface area contributed by atoms with Crippen LogP contribution in [0.15, 0.2) is 25.1 Å². The van der Waals surface area contributed by atoms with Gasteiger partial charge in [0.15, 0.2) is 0 Å². The first-order chi connectivity index (χ1) is 3.93. The first kappa shape index (κ1) is 5.22. The average molecular weight is 110 g/mol. The van der Waals surface area contributed by atoms with E-state index in [2.05, 4.69) is 16.8 Å². The number of hydrogen-bond donors (Lipinski definition) is 1. The zero-order valence-corrected chi connectivity index (χ0v) is 4.80. The molecule has 0 aromatic carbocycles. The standard InChI is InChI=1S/C6H10N2/c1-2-4-8-5-3-7-6-8/h2-3,5,7H,1,4,6H2. The molecule has 0 aliphatic carbocycles. The van der Waals surface area contributed by atoms with Crippen LogP contribution in [0, 0.1) is 0 Å². The molecule has 0 aromatic rings. The summed E-state index contributed by atoms with van der Waals surface area (Å²) in [5.41, 5.74) is 0. The Hall–Kier alpha value is -0.920. The van der Waals surface area contributed by atoms with E-state index in [1.165, 1.54) is 0 Å². The van der Waals surface area contributed by atoms with Crippen LogP contribution in [0.3, 0.4) is 0 Å².